The molecular formula is C12H19NO. The fourth-order valence-corrected chi connectivity index (χ4v) is 1.23. The molecule has 0 fully saturated rings. The van der Waals surface area contributed by atoms with Crippen LogP contribution in [0.5, 0.6) is 5.75 Å². The number of nitrogens with one attached hydrogen (secondary N) is 1. The van der Waals surface area contributed by atoms with E-state index in [1.807, 2.05) is 25.1 Å². The largest absolute Gasteiger partial charge is 0.494 e. The van der Waals surface area contributed by atoms with Crippen molar-refractivity contribution in [1.82, 2.24) is 0 Å². The summed E-state index contributed by atoms with van der Waals surface area (Å²) in [6, 6.07) is 8.59. The summed E-state index contributed by atoms with van der Waals surface area (Å²) in [5, 5.41) is 3.41. The summed E-state index contributed by atoms with van der Waals surface area (Å²) in [5.41, 5.74) is 1.13. The first kappa shape index (κ1) is 10.9. The van der Waals surface area contributed by atoms with Gasteiger partial charge in [0.05, 0.1) is 6.61 Å². The van der Waals surface area contributed by atoms with Gasteiger partial charge >= 0.3 is 0 Å². The summed E-state index contributed by atoms with van der Waals surface area (Å²) in [6.45, 7) is 7.05. The van der Waals surface area contributed by atoms with E-state index in [2.05, 4.69) is 25.2 Å². The zero-order chi connectivity index (χ0) is 10.4. The number of benzene rings is 1. The molecule has 0 aromatic heterocycles. The normalized spacial score (nSPS) is 12.2. The molecular weight excluding hydrogens is 174 g/mol. The van der Waals surface area contributed by atoms with E-state index >= 15 is 0 Å². The Morgan fingerprint density at radius 3 is 2.79 bits per heavy atom. The van der Waals surface area contributed by atoms with Crippen LogP contribution in [0.2, 0.25) is 0 Å². The number of rotatable bonds is 5. The van der Waals surface area contributed by atoms with Crippen molar-refractivity contribution in [2.45, 2.75) is 33.2 Å². The van der Waals surface area contributed by atoms with Crippen LogP contribution in [0.25, 0.3) is 0 Å². The maximum absolute atomic E-state index is 5.42. The third-order valence-electron chi connectivity index (χ3n) is 2.17. The molecule has 1 unspecified atom stereocenters. The van der Waals surface area contributed by atoms with Crippen LogP contribution >= 0.6 is 0 Å². The first-order valence-electron chi connectivity index (χ1n) is 5.25. The molecule has 0 saturated carbocycles. The third-order valence-corrected chi connectivity index (χ3v) is 2.17. The Morgan fingerprint density at radius 2 is 2.14 bits per heavy atom. The van der Waals surface area contributed by atoms with E-state index in [1.165, 1.54) is 0 Å². The summed E-state index contributed by atoms with van der Waals surface area (Å²) in [6.07, 6.45) is 1.12. The monoisotopic (exact) mass is 193 g/mol. The van der Waals surface area contributed by atoms with Crippen molar-refractivity contribution in [2.24, 2.45) is 0 Å². The Kier molecular flexibility index (Phi) is 4.30. The van der Waals surface area contributed by atoms with Gasteiger partial charge in [-0.25, -0.2) is 0 Å². The lowest BCUT2D eigenvalue weighted by atomic mass is 10.2. The Labute approximate surface area is 86.3 Å². The van der Waals surface area contributed by atoms with Crippen LogP contribution in [-0.4, -0.2) is 12.6 Å². The zero-order valence-electron chi connectivity index (χ0n) is 9.21. The molecule has 1 aromatic carbocycles. The molecule has 0 aliphatic rings. The number of hydrogen-bond donors (Lipinski definition) is 1. The Bertz CT molecular complexity index is 273. The van der Waals surface area contributed by atoms with Gasteiger partial charge in [-0.1, -0.05) is 13.0 Å². The van der Waals surface area contributed by atoms with E-state index in [1.54, 1.807) is 0 Å². The van der Waals surface area contributed by atoms with Gasteiger partial charge in [0.25, 0.3) is 0 Å². The summed E-state index contributed by atoms with van der Waals surface area (Å²) in [7, 11) is 0. The van der Waals surface area contributed by atoms with Gasteiger partial charge in [0.15, 0.2) is 0 Å². The van der Waals surface area contributed by atoms with Gasteiger partial charge < -0.3 is 10.1 Å². The number of hydrogen-bond acceptors (Lipinski definition) is 2. The molecule has 1 rings (SSSR count). The fraction of sp³-hybridized carbons (Fsp3) is 0.500. The smallest absolute Gasteiger partial charge is 0.121 e. The molecule has 2 heteroatoms. The molecule has 2 nitrogen and oxygen atoms in total. The molecule has 0 heterocycles. The predicted molar refractivity (Wildman–Crippen MR) is 61.0 cm³/mol. The zero-order valence-corrected chi connectivity index (χ0v) is 9.21. The molecule has 0 aliphatic heterocycles. The lowest BCUT2D eigenvalue weighted by Gasteiger charge is -2.13. The molecule has 1 aromatic rings. The SMILES string of the molecule is CCOc1cccc(NC(C)CC)c1. The molecule has 78 valence electrons. The molecule has 14 heavy (non-hydrogen) atoms. The molecule has 0 spiro atoms. The maximum atomic E-state index is 5.42. The van der Waals surface area contributed by atoms with Crippen LogP contribution in [0.4, 0.5) is 5.69 Å². The Balaban J connectivity index is 2.63. The second-order valence-electron chi connectivity index (χ2n) is 3.41. The quantitative estimate of drug-likeness (QED) is 0.774. The van der Waals surface area contributed by atoms with Crippen molar-refractivity contribution >= 4 is 5.69 Å². The summed E-state index contributed by atoms with van der Waals surface area (Å²) in [4.78, 5) is 0. The number of anilines is 1. The lowest BCUT2D eigenvalue weighted by Crippen LogP contribution is -2.13. The molecule has 1 atom stereocenters. The third kappa shape index (κ3) is 3.29. The molecule has 0 bridgehead atoms. The highest BCUT2D eigenvalue weighted by Crippen LogP contribution is 2.18. The van der Waals surface area contributed by atoms with Gasteiger partial charge in [-0.2, -0.15) is 0 Å². The standard InChI is InChI=1S/C12H19NO/c1-4-10(3)13-11-7-6-8-12(9-11)14-5-2/h6-10,13H,4-5H2,1-3H3. The first-order valence-corrected chi connectivity index (χ1v) is 5.25. The van der Waals surface area contributed by atoms with Crippen molar-refractivity contribution in [2.75, 3.05) is 11.9 Å². The Morgan fingerprint density at radius 1 is 1.36 bits per heavy atom. The first-order chi connectivity index (χ1) is 6.76. The minimum atomic E-state index is 0.506. The van der Waals surface area contributed by atoms with Crippen LogP contribution in [0.1, 0.15) is 27.2 Å². The minimum Gasteiger partial charge on any atom is -0.494 e. The minimum absolute atomic E-state index is 0.506. The predicted octanol–water partition coefficient (Wildman–Crippen LogP) is 3.30. The van der Waals surface area contributed by atoms with Crippen molar-refractivity contribution < 1.29 is 4.74 Å². The van der Waals surface area contributed by atoms with Gasteiger partial charge in [-0.05, 0) is 32.4 Å². The van der Waals surface area contributed by atoms with Crippen LogP contribution in [0.3, 0.4) is 0 Å². The van der Waals surface area contributed by atoms with Crippen molar-refractivity contribution in [3.63, 3.8) is 0 Å². The highest BCUT2D eigenvalue weighted by molar-refractivity contribution is 5.48. The molecule has 1 N–H and O–H groups in total. The van der Waals surface area contributed by atoms with E-state index < -0.39 is 0 Å². The van der Waals surface area contributed by atoms with E-state index in [0.29, 0.717) is 12.6 Å². The summed E-state index contributed by atoms with van der Waals surface area (Å²) in [5.74, 6) is 0.931. The number of ether oxygens (including phenoxy) is 1. The van der Waals surface area contributed by atoms with Gasteiger partial charge in [-0.15, -0.1) is 0 Å². The van der Waals surface area contributed by atoms with E-state index in [9.17, 15) is 0 Å². The van der Waals surface area contributed by atoms with Crippen LogP contribution in [0, 0.1) is 0 Å². The second kappa shape index (κ2) is 5.53. The van der Waals surface area contributed by atoms with Gasteiger partial charge in [0.2, 0.25) is 0 Å². The van der Waals surface area contributed by atoms with E-state index in [0.717, 1.165) is 17.9 Å². The fourth-order valence-electron chi connectivity index (χ4n) is 1.23. The van der Waals surface area contributed by atoms with Crippen molar-refractivity contribution in [3.05, 3.63) is 24.3 Å². The van der Waals surface area contributed by atoms with Gasteiger partial charge in [0, 0.05) is 17.8 Å². The van der Waals surface area contributed by atoms with Gasteiger partial charge in [0.1, 0.15) is 5.75 Å². The van der Waals surface area contributed by atoms with Crippen LogP contribution < -0.4 is 10.1 Å². The topological polar surface area (TPSA) is 21.3 Å². The molecule has 0 aliphatic carbocycles. The van der Waals surface area contributed by atoms with Gasteiger partial charge in [-0.3, -0.25) is 0 Å². The molecule has 0 saturated heterocycles. The van der Waals surface area contributed by atoms with Crippen molar-refractivity contribution in [1.29, 1.82) is 0 Å². The average Bonchev–Trinajstić information content (AvgIpc) is 2.19. The summed E-state index contributed by atoms with van der Waals surface area (Å²) < 4.78 is 5.42. The lowest BCUT2D eigenvalue weighted by molar-refractivity contribution is 0.340. The van der Waals surface area contributed by atoms with Crippen LogP contribution in [0.15, 0.2) is 24.3 Å². The van der Waals surface area contributed by atoms with Crippen LogP contribution in [-0.2, 0) is 0 Å². The maximum Gasteiger partial charge on any atom is 0.121 e. The van der Waals surface area contributed by atoms with E-state index in [-0.39, 0.29) is 0 Å². The van der Waals surface area contributed by atoms with Crippen molar-refractivity contribution in [3.8, 4) is 5.75 Å². The summed E-state index contributed by atoms with van der Waals surface area (Å²) >= 11 is 0. The average molecular weight is 193 g/mol. The van der Waals surface area contributed by atoms with E-state index in [4.69, 9.17) is 4.74 Å². The molecule has 0 radical (unpaired) electrons. The highest BCUT2D eigenvalue weighted by atomic mass is 16.5. The second-order valence-corrected chi connectivity index (χ2v) is 3.41. The highest BCUT2D eigenvalue weighted by Gasteiger charge is 1.99. The Hall–Kier alpha value is -1.18. The molecule has 0 amide bonds.